The van der Waals surface area contributed by atoms with E-state index in [1.807, 2.05) is 0 Å². The third-order valence-electron chi connectivity index (χ3n) is 2.37. The number of carbonyl (C=O) groups is 2. The molecule has 0 aliphatic heterocycles. The Morgan fingerprint density at radius 3 is 2.38 bits per heavy atom. The summed E-state index contributed by atoms with van der Waals surface area (Å²) < 4.78 is 0. The standard InChI is InChI=1S/C11H12O5/c1-2-6(10(13)14)9-7(11(15)16)4-3-5-8(9)12/h3-6,12H,2H2,1H3,(H,13,14)(H,15,16). The first-order valence-corrected chi connectivity index (χ1v) is 4.77. The minimum Gasteiger partial charge on any atom is -0.508 e. The zero-order valence-corrected chi connectivity index (χ0v) is 8.67. The van der Waals surface area contributed by atoms with Gasteiger partial charge in [-0.05, 0) is 18.6 Å². The number of carboxylic acids is 2. The van der Waals surface area contributed by atoms with E-state index in [2.05, 4.69) is 0 Å². The molecule has 0 spiro atoms. The number of phenols is 1. The fourth-order valence-electron chi connectivity index (χ4n) is 1.61. The molecule has 1 aromatic carbocycles. The highest BCUT2D eigenvalue weighted by Crippen LogP contribution is 2.31. The van der Waals surface area contributed by atoms with E-state index in [0.29, 0.717) is 0 Å². The van der Waals surface area contributed by atoms with Gasteiger partial charge in [0.15, 0.2) is 0 Å². The molecule has 0 bridgehead atoms. The molecule has 5 heteroatoms. The zero-order chi connectivity index (χ0) is 12.3. The molecule has 0 aliphatic rings. The van der Waals surface area contributed by atoms with Crippen LogP contribution < -0.4 is 0 Å². The van der Waals surface area contributed by atoms with Crippen molar-refractivity contribution >= 4 is 11.9 Å². The third-order valence-corrected chi connectivity index (χ3v) is 2.37. The molecule has 0 aromatic heterocycles. The van der Waals surface area contributed by atoms with Crippen LogP contribution in [0.1, 0.15) is 35.2 Å². The Morgan fingerprint density at radius 1 is 1.31 bits per heavy atom. The van der Waals surface area contributed by atoms with E-state index in [0.717, 1.165) is 0 Å². The van der Waals surface area contributed by atoms with E-state index in [1.54, 1.807) is 6.92 Å². The number of aliphatic carboxylic acids is 1. The summed E-state index contributed by atoms with van der Waals surface area (Å²) in [5.41, 5.74) is -0.209. The summed E-state index contributed by atoms with van der Waals surface area (Å²) in [5, 5.41) is 27.4. The van der Waals surface area contributed by atoms with Crippen LogP contribution in [0.3, 0.4) is 0 Å². The van der Waals surface area contributed by atoms with Gasteiger partial charge in [0.25, 0.3) is 0 Å². The Morgan fingerprint density at radius 2 is 1.94 bits per heavy atom. The molecule has 86 valence electrons. The van der Waals surface area contributed by atoms with Gasteiger partial charge in [0.2, 0.25) is 0 Å². The van der Waals surface area contributed by atoms with E-state index >= 15 is 0 Å². The zero-order valence-electron chi connectivity index (χ0n) is 8.67. The van der Waals surface area contributed by atoms with Gasteiger partial charge < -0.3 is 15.3 Å². The van der Waals surface area contributed by atoms with Gasteiger partial charge in [-0.1, -0.05) is 13.0 Å². The van der Waals surface area contributed by atoms with Crippen LogP contribution >= 0.6 is 0 Å². The predicted molar refractivity (Wildman–Crippen MR) is 55.7 cm³/mol. The number of phenolic OH excluding ortho intramolecular Hbond substituents is 1. The van der Waals surface area contributed by atoms with E-state index in [-0.39, 0.29) is 23.3 Å². The van der Waals surface area contributed by atoms with Gasteiger partial charge in [0.1, 0.15) is 5.75 Å². The van der Waals surface area contributed by atoms with Crippen molar-refractivity contribution in [3.63, 3.8) is 0 Å². The molecule has 1 unspecified atom stereocenters. The molecule has 0 saturated heterocycles. The van der Waals surface area contributed by atoms with Gasteiger partial charge in [-0.25, -0.2) is 4.79 Å². The first kappa shape index (κ1) is 12.0. The predicted octanol–water partition coefficient (Wildman–Crippen LogP) is 1.67. The van der Waals surface area contributed by atoms with Crippen molar-refractivity contribution in [2.24, 2.45) is 0 Å². The Bertz CT molecular complexity index is 424. The summed E-state index contributed by atoms with van der Waals surface area (Å²) in [5.74, 6) is -3.70. The fourth-order valence-corrected chi connectivity index (χ4v) is 1.61. The number of hydrogen-bond acceptors (Lipinski definition) is 3. The van der Waals surface area contributed by atoms with Gasteiger partial charge in [-0.15, -0.1) is 0 Å². The summed E-state index contributed by atoms with van der Waals surface area (Å²) in [7, 11) is 0. The molecular formula is C11H12O5. The van der Waals surface area contributed by atoms with Crippen LogP contribution in [-0.4, -0.2) is 27.3 Å². The molecule has 0 heterocycles. The number of rotatable bonds is 4. The highest BCUT2D eigenvalue weighted by Gasteiger charge is 2.26. The topological polar surface area (TPSA) is 94.8 Å². The lowest BCUT2D eigenvalue weighted by atomic mass is 9.91. The minimum absolute atomic E-state index is 0.0370. The Labute approximate surface area is 92.0 Å². The quantitative estimate of drug-likeness (QED) is 0.723. The van der Waals surface area contributed by atoms with E-state index in [1.165, 1.54) is 18.2 Å². The van der Waals surface area contributed by atoms with E-state index in [9.17, 15) is 14.7 Å². The smallest absolute Gasteiger partial charge is 0.336 e. The maximum absolute atomic E-state index is 11.0. The normalized spacial score (nSPS) is 12.1. The van der Waals surface area contributed by atoms with Crippen LogP contribution in [-0.2, 0) is 4.79 Å². The second-order valence-corrected chi connectivity index (χ2v) is 3.34. The third kappa shape index (κ3) is 2.13. The largest absolute Gasteiger partial charge is 0.508 e. The summed E-state index contributed by atoms with van der Waals surface area (Å²) >= 11 is 0. The van der Waals surface area contributed by atoms with Crippen molar-refractivity contribution in [1.82, 2.24) is 0 Å². The van der Waals surface area contributed by atoms with Gasteiger partial charge in [-0.2, -0.15) is 0 Å². The first-order valence-electron chi connectivity index (χ1n) is 4.77. The molecule has 1 rings (SSSR count). The van der Waals surface area contributed by atoms with Crippen LogP contribution in [0, 0.1) is 0 Å². The average molecular weight is 224 g/mol. The monoisotopic (exact) mass is 224 g/mol. The van der Waals surface area contributed by atoms with Crippen molar-refractivity contribution in [3.8, 4) is 5.75 Å². The van der Waals surface area contributed by atoms with Gasteiger partial charge >= 0.3 is 11.9 Å². The van der Waals surface area contributed by atoms with Crippen LogP contribution in [0.15, 0.2) is 18.2 Å². The highest BCUT2D eigenvalue weighted by molar-refractivity contribution is 5.93. The first-order chi connectivity index (χ1) is 7.49. The summed E-state index contributed by atoms with van der Waals surface area (Å²) in [4.78, 5) is 21.9. The number of carboxylic acid groups (broad SMARTS) is 2. The number of benzene rings is 1. The Balaban J connectivity index is 3.39. The van der Waals surface area contributed by atoms with Gasteiger partial charge in [-0.3, -0.25) is 4.79 Å². The molecule has 0 saturated carbocycles. The highest BCUT2D eigenvalue weighted by atomic mass is 16.4. The second-order valence-electron chi connectivity index (χ2n) is 3.34. The van der Waals surface area contributed by atoms with E-state index < -0.39 is 17.9 Å². The van der Waals surface area contributed by atoms with Crippen LogP contribution in [0.2, 0.25) is 0 Å². The fraction of sp³-hybridized carbons (Fsp3) is 0.273. The molecule has 5 nitrogen and oxygen atoms in total. The molecule has 3 N–H and O–H groups in total. The lowest BCUT2D eigenvalue weighted by molar-refractivity contribution is -0.138. The molecule has 1 atom stereocenters. The SMILES string of the molecule is CCC(C(=O)O)c1c(O)cccc1C(=O)O. The number of aromatic carboxylic acids is 1. The Kier molecular flexibility index (Phi) is 3.50. The molecule has 0 fully saturated rings. The summed E-state index contributed by atoms with van der Waals surface area (Å²) in [6.07, 6.45) is 0.215. The molecule has 0 amide bonds. The minimum atomic E-state index is -1.24. The number of hydrogen-bond donors (Lipinski definition) is 3. The lowest BCUT2D eigenvalue weighted by Gasteiger charge is -2.14. The summed E-state index contributed by atoms with van der Waals surface area (Å²) in [6.45, 7) is 1.62. The molecule has 16 heavy (non-hydrogen) atoms. The van der Waals surface area contributed by atoms with Crippen molar-refractivity contribution in [2.75, 3.05) is 0 Å². The maximum atomic E-state index is 11.0. The maximum Gasteiger partial charge on any atom is 0.336 e. The number of aromatic hydroxyl groups is 1. The average Bonchev–Trinajstić information content (AvgIpc) is 2.20. The van der Waals surface area contributed by atoms with Crippen LogP contribution in [0.5, 0.6) is 5.75 Å². The van der Waals surface area contributed by atoms with Crippen LogP contribution in [0.4, 0.5) is 0 Å². The van der Waals surface area contributed by atoms with Crippen molar-refractivity contribution in [3.05, 3.63) is 29.3 Å². The van der Waals surface area contributed by atoms with Crippen molar-refractivity contribution in [2.45, 2.75) is 19.3 Å². The Hall–Kier alpha value is -2.04. The molecule has 0 aliphatic carbocycles. The van der Waals surface area contributed by atoms with E-state index in [4.69, 9.17) is 10.2 Å². The molecule has 1 aromatic rings. The van der Waals surface area contributed by atoms with Crippen molar-refractivity contribution in [1.29, 1.82) is 0 Å². The summed E-state index contributed by atoms with van der Waals surface area (Å²) in [6, 6.07) is 3.94. The molecule has 0 radical (unpaired) electrons. The van der Waals surface area contributed by atoms with Crippen molar-refractivity contribution < 1.29 is 24.9 Å². The molecular weight excluding hydrogens is 212 g/mol. The lowest BCUT2D eigenvalue weighted by Crippen LogP contribution is -2.15. The van der Waals surface area contributed by atoms with Gasteiger partial charge in [0, 0.05) is 5.56 Å². The van der Waals surface area contributed by atoms with Gasteiger partial charge in [0.05, 0.1) is 11.5 Å². The second kappa shape index (κ2) is 4.65. The van der Waals surface area contributed by atoms with Crippen LogP contribution in [0.25, 0.3) is 0 Å².